The maximum absolute atomic E-state index is 13.6. The largest absolute Gasteiger partial charge is 0.423 e. The fourth-order valence-corrected chi connectivity index (χ4v) is 4.70. The van der Waals surface area contributed by atoms with Gasteiger partial charge in [-0.3, -0.25) is 15.1 Å². The van der Waals surface area contributed by atoms with Gasteiger partial charge in [0.05, 0.1) is 17.8 Å². The highest BCUT2D eigenvalue weighted by Crippen LogP contribution is 2.35. The number of aromatic nitrogens is 1. The molecule has 1 aromatic heterocycles. The van der Waals surface area contributed by atoms with Gasteiger partial charge in [-0.05, 0) is 48.9 Å². The standard InChI is InChI=1S/C29H23ClN6O2/c1-17-25(27(37)33-19-14-12-18(13-15-19)22-10-6-16-31-22)26(20-7-2-3-8-21(20)30)35-28(32-17)36-29-34-23-9-4-5-11-24(23)38-29/h2-15,26H,16H2,1H3,(H,33,37)(H2,32,34,35,36). The molecule has 3 N–H and O–H groups in total. The summed E-state index contributed by atoms with van der Waals surface area (Å²) in [6, 6.07) is 22.1. The second-order valence-corrected chi connectivity index (χ2v) is 9.24. The maximum Gasteiger partial charge on any atom is 0.302 e. The summed E-state index contributed by atoms with van der Waals surface area (Å²) in [6.07, 6.45) is 4.01. The third-order valence-corrected chi connectivity index (χ3v) is 6.63. The van der Waals surface area contributed by atoms with Gasteiger partial charge in [-0.15, -0.1) is 0 Å². The molecule has 2 aliphatic rings. The quantitative estimate of drug-likeness (QED) is 0.304. The normalized spacial score (nSPS) is 16.7. The molecule has 0 saturated heterocycles. The molecular weight excluding hydrogens is 500 g/mol. The minimum Gasteiger partial charge on any atom is -0.423 e. The summed E-state index contributed by atoms with van der Waals surface area (Å²) in [7, 11) is 0. The molecule has 3 heterocycles. The van der Waals surface area contributed by atoms with E-state index in [-0.39, 0.29) is 11.9 Å². The summed E-state index contributed by atoms with van der Waals surface area (Å²) in [5.74, 6) is 0.112. The summed E-state index contributed by atoms with van der Waals surface area (Å²) in [4.78, 5) is 27.3. The number of allylic oxidation sites excluding steroid dienone is 2. The molecule has 0 radical (unpaired) electrons. The fraction of sp³-hybridized carbons (Fsp3) is 0.103. The number of fused-ring (bicyclic) bond motifs is 1. The van der Waals surface area contributed by atoms with Gasteiger partial charge in [0.1, 0.15) is 11.6 Å². The molecule has 0 fully saturated rings. The summed E-state index contributed by atoms with van der Waals surface area (Å²) < 4.78 is 5.79. The highest BCUT2D eigenvalue weighted by Gasteiger charge is 2.31. The van der Waals surface area contributed by atoms with Crippen molar-refractivity contribution in [2.45, 2.75) is 13.0 Å². The number of oxazole rings is 1. The fourth-order valence-electron chi connectivity index (χ4n) is 4.46. The third-order valence-electron chi connectivity index (χ3n) is 6.29. The number of guanidine groups is 1. The molecule has 188 valence electrons. The van der Waals surface area contributed by atoms with Crippen molar-refractivity contribution in [2.75, 3.05) is 17.2 Å². The van der Waals surface area contributed by atoms with Gasteiger partial charge in [0.2, 0.25) is 5.96 Å². The van der Waals surface area contributed by atoms with E-state index in [1.54, 1.807) is 6.07 Å². The van der Waals surface area contributed by atoms with Crippen LogP contribution in [0.1, 0.15) is 24.1 Å². The van der Waals surface area contributed by atoms with Gasteiger partial charge >= 0.3 is 6.01 Å². The number of hydrogen-bond donors (Lipinski definition) is 3. The number of anilines is 2. The van der Waals surface area contributed by atoms with Crippen LogP contribution in [0.3, 0.4) is 0 Å². The van der Waals surface area contributed by atoms with Gasteiger partial charge in [-0.1, -0.05) is 60.1 Å². The predicted octanol–water partition coefficient (Wildman–Crippen LogP) is 5.87. The van der Waals surface area contributed by atoms with Crippen LogP contribution in [-0.4, -0.2) is 29.1 Å². The van der Waals surface area contributed by atoms with E-state index in [9.17, 15) is 4.79 Å². The van der Waals surface area contributed by atoms with Crippen LogP contribution >= 0.6 is 11.6 Å². The number of aliphatic imine (C=N–C) groups is 2. The zero-order valence-corrected chi connectivity index (χ0v) is 21.2. The Morgan fingerprint density at radius 2 is 1.84 bits per heavy atom. The lowest BCUT2D eigenvalue weighted by Gasteiger charge is -2.27. The second kappa shape index (κ2) is 9.99. The second-order valence-electron chi connectivity index (χ2n) is 8.84. The minimum atomic E-state index is -0.658. The molecule has 38 heavy (non-hydrogen) atoms. The predicted molar refractivity (Wildman–Crippen MR) is 151 cm³/mol. The van der Waals surface area contributed by atoms with Crippen molar-refractivity contribution < 1.29 is 9.21 Å². The van der Waals surface area contributed by atoms with Crippen molar-refractivity contribution in [1.82, 2.24) is 10.3 Å². The number of para-hydroxylation sites is 2. The Labute approximate surface area is 223 Å². The lowest BCUT2D eigenvalue weighted by molar-refractivity contribution is -0.113. The molecule has 6 rings (SSSR count). The van der Waals surface area contributed by atoms with E-state index in [1.165, 1.54) is 0 Å². The van der Waals surface area contributed by atoms with Crippen LogP contribution < -0.4 is 16.0 Å². The molecule has 0 bridgehead atoms. The van der Waals surface area contributed by atoms with Crippen LogP contribution in [0.15, 0.2) is 111 Å². The number of nitrogens with one attached hydrogen (secondary N) is 3. The monoisotopic (exact) mass is 522 g/mol. The van der Waals surface area contributed by atoms with Crippen LogP contribution in [0.2, 0.25) is 5.02 Å². The Morgan fingerprint density at radius 3 is 2.61 bits per heavy atom. The smallest absolute Gasteiger partial charge is 0.302 e. The van der Waals surface area contributed by atoms with E-state index in [2.05, 4.69) is 25.9 Å². The average Bonchev–Trinajstić information content (AvgIpc) is 3.59. The van der Waals surface area contributed by atoms with Gasteiger partial charge in [-0.25, -0.2) is 4.99 Å². The number of carbonyl (C=O) groups excluding carboxylic acids is 1. The van der Waals surface area contributed by atoms with Crippen molar-refractivity contribution in [3.8, 4) is 0 Å². The highest BCUT2D eigenvalue weighted by molar-refractivity contribution is 6.31. The van der Waals surface area contributed by atoms with E-state index in [1.807, 2.05) is 85.8 Å². The van der Waals surface area contributed by atoms with E-state index < -0.39 is 6.04 Å². The molecule has 4 aromatic rings. The Kier molecular flexibility index (Phi) is 6.23. The first-order valence-corrected chi connectivity index (χ1v) is 12.5. The number of benzene rings is 3. The van der Waals surface area contributed by atoms with Gasteiger partial charge in [0.15, 0.2) is 5.58 Å². The Hall–Kier alpha value is -4.69. The first-order chi connectivity index (χ1) is 18.5. The SMILES string of the molecule is CC1=C(C(=O)Nc2ccc(C3=NCC=C3)cc2)C(c2ccccc2Cl)N=C(Nc2nc3ccccc3o2)N1. The minimum absolute atomic E-state index is 0.282. The molecule has 9 heteroatoms. The first kappa shape index (κ1) is 23.7. The summed E-state index contributed by atoms with van der Waals surface area (Å²) in [5, 5.41) is 9.79. The van der Waals surface area contributed by atoms with E-state index in [0.29, 0.717) is 45.6 Å². The number of carbonyl (C=O) groups is 1. The van der Waals surface area contributed by atoms with Gasteiger partial charge in [0.25, 0.3) is 5.91 Å². The van der Waals surface area contributed by atoms with Crippen LogP contribution in [0.4, 0.5) is 11.7 Å². The van der Waals surface area contributed by atoms with Crippen LogP contribution in [-0.2, 0) is 4.79 Å². The molecule has 0 aliphatic carbocycles. The summed E-state index contributed by atoms with van der Waals surface area (Å²) >= 11 is 6.56. The molecule has 3 aromatic carbocycles. The zero-order valence-electron chi connectivity index (χ0n) is 20.4. The van der Waals surface area contributed by atoms with E-state index >= 15 is 0 Å². The molecule has 1 atom stereocenters. The Morgan fingerprint density at radius 1 is 1.05 bits per heavy atom. The Balaban J connectivity index is 1.29. The van der Waals surface area contributed by atoms with Crippen molar-refractivity contribution in [3.05, 3.63) is 112 Å². The lowest BCUT2D eigenvalue weighted by Crippen LogP contribution is -2.37. The summed E-state index contributed by atoms with van der Waals surface area (Å²) in [5.41, 5.74) is 5.77. The van der Waals surface area contributed by atoms with Crippen molar-refractivity contribution >= 4 is 52.0 Å². The van der Waals surface area contributed by atoms with Crippen LogP contribution in [0.5, 0.6) is 0 Å². The highest BCUT2D eigenvalue weighted by atomic mass is 35.5. The molecule has 1 amide bonds. The molecule has 2 aliphatic heterocycles. The number of amides is 1. The molecule has 8 nitrogen and oxygen atoms in total. The van der Waals surface area contributed by atoms with Gasteiger partial charge in [0, 0.05) is 22.0 Å². The number of nitrogens with zero attached hydrogens (tertiary/aromatic N) is 3. The topological polar surface area (TPSA) is 104 Å². The molecule has 0 spiro atoms. The maximum atomic E-state index is 13.6. The van der Waals surface area contributed by atoms with Crippen molar-refractivity contribution in [2.24, 2.45) is 9.98 Å². The van der Waals surface area contributed by atoms with Crippen LogP contribution in [0.25, 0.3) is 11.1 Å². The van der Waals surface area contributed by atoms with Crippen molar-refractivity contribution in [1.29, 1.82) is 0 Å². The summed E-state index contributed by atoms with van der Waals surface area (Å²) in [6.45, 7) is 2.52. The zero-order chi connectivity index (χ0) is 26.1. The molecular formula is C29H23ClN6O2. The van der Waals surface area contributed by atoms with E-state index in [4.69, 9.17) is 21.0 Å². The number of rotatable bonds is 5. The van der Waals surface area contributed by atoms with Crippen LogP contribution in [0, 0.1) is 0 Å². The Bertz CT molecular complexity index is 1630. The third kappa shape index (κ3) is 4.69. The molecule has 1 unspecified atom stereocenters. The van der Waals surface area contributed by atoms with E-state index in [0.717, 1.165) is 16.8 Å². The van der Waals surface area contributed by atoms with Gasteiger partial charge in [-0.2, -0.15) is 4.98 Å². The number of hydrogen-bond acceptors (Lipinski definition) is 7. The average molecular weight is 523 g/mol. The van der Waals surface area contributed by atoms with Crippen molar-refractivity contribution in [3.63, 3.8) is 0 Å². The lowest BCUT2D eigenvalue weighted by atomic mass is 9.95. The van der Waals surface area contributed by atoms with Gasteiger partial charge < -0.3 is 15.1 Å². The first-order valence-electron chi connectivity index (χ1n) is 12.1. The molecule has 0 saturated carbocycles. The number of halogens is 1.